The zero-order valence-corrected chi connectivity index (χ0v) is 22.5. The van der Waals surface area contributed by atoms with Crippen LogP contribution < -0.4 is 15.8 Å². The van der Waals surface area contributed by atoms with Gasteiger partial charge in [-0.05, 0) is 62.8 Å². The Morgan fingerprint density at radius 2 is 2.19 bits per heavy atom. The Morgan fingerprint density at radius 3 is 2.89 bits per heavy atom. The second kappa shape index (κ2) is 11.2. The van der Waals surface area contributed by atoms with Crippen LogP contribution in [0, 0.1) is 11.7 Å². The van der Waals surface area contributed by atoms with Gasteiger partial charge in [-0.1, -0.05) is 30.3 Å². The Hall–Kier alpha value is -2.63. The molecule has 0 saturated heterocycles. The van der Waals surface area contributed by atoms with E-state index in [-0.39, 0.29) is 16.7 Å². The summed E-state index contributed by atoms with van der Waals surface area (Å²) in [5, 5.41) is 12.6. The van der Waals surface area contributed by atoms with E-state index >= 15 is 0 Å². The average molecular weight is 552 g/mol. The standard InChI is InChI=1S/C24H27ClFN5O3S2/c1-4-31-22(13(3)34-17-8-6-14(26)10-16(17)25)29-30-24(31)35-11-19(32)28-23-20(21(27)33)15-7-5-12(2)9-18(15)36-23/h6,8,10,12-13H,4-5,7,9,11H2,1-3H3,(H2,27,33)(H,28,32). The molecule has 12 heteroatoms. The van der Waals surface area contributed by atoms with Crippen LogP contribution in [0.5, 0.6) is 5.75 Å². The highest BCUT2D eigenvalue weighted by molar-refractivity contribution is 7.99. The maximum Gasteiger partial charge on any atom is 0.251 e. The van der Waals surface area contributed by atoms with E-state index in [4.69, 9.17) is 22.1 Å². The normalized spacial score (nSPS) is 15.9. The third kappa shape index (κ3) is 5.68. The predicted molar refractivity (Wildman–Crippen MR) is 140 cm³/mol. The van der Waals surface area contributed by atoms with Crippen molar-refractivity contribution in [2.24, 2.45) is 11.7 Å². The Labute approximate surface area is 221 Å². The molecule has 0 radical (unpaired) electrons. The van der Waals surface area contributed by atoms with E-state index in [0.717, 1.165) is 29.7 Å². The lowest BCUT2D eigenvalue weighted by molar-refractivity contribution is -0.113. The van der Waals surface area contributed by atoms with E-state index < -0.39 is 17.8 Å². The van der Waals surface area contributed by atoms with Crippen molar-refractivity contribution < 1.29 is 18.7 Å². The fraction of sp³-hybridized carbons (Fsp3) is 0.417. The van der Waals surface area contributed by atoms with Gasteiger partial charge in [-0.25, -0.2) is 4.39 Å². The fourth-order valence-corrected chi connectivity index (χ4v) is 6.66. The van der Waals surface area contributed by atoms with E-state index in [0.29, 0.717) is 39.8 Å². The van der Waals surface area contributed by atoms with E-state index in [1.165, 1.54) is 41.3 Å². The van der Waals surface area contributed by atoms with Crippen LogP contribution in [0.1, 0.15) is 59.9 Å². The molecule has 0 fully saturated rings. The lowest BCUT2D eigenvalue weighted by Crippen LogP contribution is -2.20. The Bertz CT molecular complexity index is 1300. The number of primary amides is 1. The number of rotatable bonds is 9. The van der Waals surface area contributed by atoms with Crippen molar-refractivity contribution >= 4 is 51.5 Å². The number of carbonyl (C=O) groups excluding carboxylic acids is 2. The van der Waals surface area contributed by atoms with E-state index in [1.807, 2.05) is 11.5 Å². The van der Waals surface area contributed by atoms with Crippen LogP contribution in [0.2, 0.25) is 5.02 Å². The zero-order valence-electron chi connectivity index (χ0n) is 20.1. The number of benzene rings is 1. The molecule has 2 amide bonds. The highest BCUT2D eigenvalue weighted by Crippen LogP contribution is 2.39. The molecule has 8 nitrogen and oxygen atoms in total. The van der Waals surface area contributed by atoms with Crippen molar-refractivity contribution in [1.82, 2.24) is 14.8 Å². The highest BCUT2D eigenvalue weighted by atomic mass is 35.5. The van der Waals surface area contributed by atoms with Crippen LogP contribution in [0.15, 0.2) is 23.4 Å². The largest absolute Gasteiger partial charge is 0.481 e. The molecule has 1 aliphatic rings. The summed E-state index contributed by atoms with van der Waals surface area (Å²) in [6, 6.07) is 3.92. The minimum atomic E-state index is -0.518. The van der Waals surface area contributed by atoms with Crippen molar-refractivity contribution in [3.8, 4) is 5.75 Å². The first-order valence-electron chi connectivity index (χ1n) is 11.6. The number of thiophene rings is 1. The molecular formula is C24H27ClFN5O3S2. The Balaban J connectivity index is 1.43. The van der Waals surface area contributed by atoms with Gasteiger partial charge in [0.1, 0.15) is 16.6 Å². The first-order chi connectivity index (χ1) is 17.2. The molecule has 2 heterocycles. The summed E-state index contributed by atoms with van der Waals surface area (Å²) in [5.41, 5.74) is 7.06. The number of thioether (sulfide) groups is 1. The van der Waals surface area contributed by atoms with Crippen molar-refractivity contribution in [1.29, 1.82) is 0 Å². The number of carbonyl (C=O) groups is 2. The predicted octanol–water partition coefficient (Wildman–Crippen LogP) is 5.25. The number of aromatic nitrogens is 3. The van der Waals surface area contributed by atoms with Crippen LogP contribution in [0.25, 0.3) is 0 Å². The van der Waals surface area contributed by atoms with Gasteiger partial charge in [-0.3, -0.25) is 9.59 Å². The first kappa shape index (κ1) is 26.4. The van der Waals surface area contributed by atoms with Crippen LogP contribution in [-0.2, 0) is 24.2 Å². The maximum absolute atomic E-state index is 13.3. The van der Waals surface area contributed by atoms with Crippen LogP contribution in [0.4, 0.5) is 9.39 Å². The summed E-state index contributed by atoms with van der Waals surface area (Å²) in [7, 11) is 0. The molecule has 36 heavy (non-hydrogen) atoms. The molecule has 3 N–H and O–H groups in total. The average Bonchev–Trinajstić information content (AvgIpc) is 3.39. The lowest BCUT2D eigenvalue weighted by Gasteiger charge is -2.18. The zero-order chi connectivity index (χ0) is 26.0. The molecule has 0 spiro atoms. The second-order valence-corrected chi connectivity index (χ2v) is 11.1. The minimum Gasteiger partial charge on any atom is -0.481 e. The summed E-state index contributed by atoms with van der Waals surface area (Å²) in [5.74, 6) is 0.276. The van der Waals surface area contributed by atoms with E-state index in [2.05, 4.69) is 22.4 Å². The van der Waals surface area contributed by atoms with Gasteiger partial charge in [0.25, 0.3) is 5.91 Å². The number of hydrogen-bond acceptors (Lipinski definition) is 7. The number of nitrogens with zero attached hydrogens (tertiary/aromatic N) is 3. The van der Waals surface area contributed by atoms with Gasteiger partial charge in [0.05, 0.1) is 16.3 Å². The monoisotopic (exact) mass is 551 g/mol. The summed E-state index contributed by atoms with van der Waals surface area (Å²) in [4.78, 5) is 26.0. The number of anilines is 1. The van der Waals surface area contributed by atoms with Gasteiger partial charge in [0.2, 0.25) is 5.91 Å². The van der Waals surface area contributed by atoms with Gasteiger partial charge in [0.15, 0.2) is 17.1 Å². The third-order valence-corrected chi connectivity index (χ3v) is 8.40. The molecule has 4 rings (SSSR count). The van der Waals surface area contributed by atoms with Gasteiger partial charge in [-0.2, -0.15) is 0 Å². The summed E-state index contributed by atoms with van der Waals surface area (Å²) < 4.78 is 21.1. The number of amides is 2. The van der Waals surface area contributed by atoms with Crippen molar-refractivity contribution in [3.05, 3.63) is 50.9 Å². The van der Waals surface area contributed by atoms with Gasteiger partial charge in [0, 0.05) is 11.4 Å². The number of hydrogen-bond donors (Lipinski definition) is 2. The van der Waals surface area contributed by atoms with Crippen molar-refractivity contribution in [2.75, 3.05) is 11.1 Å². The number of fused-ring (bicyclic) bond motifs is 1. The van der Waals surface area contributed by atoms with Gasteiger partial charge in [-0.15, -0.1) is 21.5 Å². The van der Waals surface area contributed by atoms with Crippen LogP contribution in [-0.4, -0.2) is 32.3 Å². The van der Waals surface area contributed by atoms with Crippen molar-refractivity contribution in [3.63, 3.8) is 0 Å². The van der Waals surface area contributed by atoms with Crippen molar-refractivity contribution in [2.45, 2.75) is 57.8 Å². The molecule has 2 aromatic heterocycles. The smallest absolute Gasteiger partial charge is 0.251 e. The summed E-state index contributed by atoms with van der Waals surface area (Å²) >= 11 is 8.75. The molecule has 192 valence electrons. The van der Waals surface area contributed by atoms with Gasteiger partial charge < -0.3 is 20.4 Å². The van der Waals surface area contributed by atoms with Gasteiger partial charge >= 0.3 is 0 Å². The molecule has 1 aliphatic carbocycles. The minimum absolute atomic E-state index is 0.0777. The number of nitrogens with two attached hydrogens (primary N) is 1. The molecule has 0 saturated carbocycles. The molecule has 0 bridgehead atoms. The Kier molecular flexibility index (Phi) is 8.21. The van der Waals surface area contributed by atoms with E-state index in [1.54, 1.807) is 6.92 Å². The third-order valence-electron chi connectivity index (χ3n) is 5.97. The maximum atomic E-state index is 13.3. The summed E-state index contributed by atoms with van der Waals surface area (Å²) in [6.07, 6.45) is 2.16. The van der Waals surface area contributed by atoms with Crippen LogP contribution >= 0.6 is 34.7 Å². The summed E-state index contributed by atoms with van der Waals surface area (Å²) in [6.45, 7) is 6.46. The quantitative estimate of drug-likeness (QED) is 0.351. The lowest BCUT2D eigenvalue weighted by atomic mass is 9.88. The van der Waals surface area contributed by atoms with E-state index in [9.17, 15) is 14.0 Å². The SMILES string of the molecule is CCn1c(SCC(=O)Nc2sc3c(c2C(N)=O)CCC(C)C3)nnc1C(C)Oc1ccc(F)cc1Cl. The number of nitrogens with one attached hydrogen (secondary N) is 1. The molecule has 2 unspecified atom stereocenters. The molecule has 2 atom stereocenters. The Morgan fingerprint density at radius 1 is 1.42 bits per heavy atom. The molecular weight excluding hydrogens is 525 g/mol. The number of ether oxygens (including phenoxy) is 1. The molecule has 3 aromatic rings. The molecule has 1 aromatic carbocycles. The fourth-order valence-electron chi connectivity index (χ4n) is 4.21. The highest BCUT2D eigenvalue weighted by Gasteiger charge is 2.27. The number of halogens is 2. The first-order valence-corrected chi connectivity index (χ1v) is 13.8. The topological polar surface area (TPSA) is 112 Å². The second-order valence-electron chi connectivity index (χ2n) is 8.68. The van der Waals surface area contributed by atoms with Crippen LogP contribution in [0.3, 0.4) is 0 Å². The molecule has 0 aliphatic heterocycles.